The van der Waals surface area contributed by atoms with Gasteiger partial charge in [-0.05, 0) is 36.5 Å². The third-order valence-electron chi connectivity index (χ3n) is 6.00. The molecule has 0 bridgehead atoms. The molecular formula is C25H34N6O8S. The highest BCUT2D eigenvalue weighted by Gasteiger charge is 2.31. The van der Waals surface area contributed by atoms with Gasteiger partial charge in [0, 0.05) is 29.9 Å². The number of para-hydroxylation sites is 1. The number of carboxylic acid groups (broad SMARTS) is 2. The van der Waals surface area contributed by atoms with Crippen molar-refractivity contribution in [1.82, 2.24) is 20.9 Å². The maximum absolute atomic E-state index is 13.2. The number of hydrogen-bond acceptors (Lipinski definition) is 8. The second-order valence-corrected chi connectivity index (χ2v) is 10.1. The van der Waals surface area contributed by atoms with Crippen molar-refractivity contribution < 1.29 is 39.0 Å². The number of amides is 4. The lowest BCUT2D eigenvalue weighted by Crippen LogP contribution is -2.57. The van der Waals surface area contributed by atoms with Crippen LogP contribution < -0.4 is 27.4 Å². The number of benzene rings is 1. The van der Waals surface area contributed by atoms with Crippen LogP contribution in [0, 0.1) is 0 Å². The van der Waals surface area contributed by atoms with Gasteiger partial charge >= 0.3 is 11.9 Å². The number of hydrogen-bond donors (Lipinski definition) is 8. The molecule has 218 valence electrons. The van der Waals surface area contributed by atoms with Crippen LogP contribution in [0.1, 0.15) is 31.2 Å². The number of nitrogens with one attached hydrogen (secondary N) is 4. The quantitative estimate of drug-likeness (QED) is 0.114. The molecule has 15 heteroatoms. The molecule has 0 saturated heterocycles. The van der Waals surface area contributed by atoms with E-state index in [1.807, 2.05) is 24.3 Å². The van der Waals surface area contributed by atoms with Gasteiger partial charge in [0.1, 0.15) is 18.1 Å². The number of rotatable bonds is 17. The van der Waals surface area contributed by atoms with E-state index >= 15 is 0 Å². The van der Waals surface area contributed by atoms with Gasteiger partial charge in [-0.25, -0.2) is 4.79 Å². The molecule has 0 aliphatic heterocycles. The molecule has 4 atom stereocenters. The van der Waals surface area contributed by atoms with E-state index in [4.69, 9.17) is 16.6 Å². The predicted octanol–water partition coefficient (Wildman–Crippen LogP) is -0.930. The van der Waals surface area contributed by atoms with Crippen LogP contribution in [0.25, 0.3) is 10.9 Å². The number of aromatic amines is 1. The second kappa shape index (κ2) is 15.5. The Labute approximate surface area is 234 Å². The summed E-state index contributed by atoms with van der Waals surface area (Å²) in [7, 11) is 0. The van der Waals surface area contributed by atoms with Crippen LogP contribution in [0.4, 0.5) is 0 Å². The normalized spacial score (nSPS) is 13.9. The lowest BCUT2D eigenvalue weighted by Gasteiger charge is -2.25. The van der Waals surface area contributed by atoms with Crippen LogP contribution in [0.5, 0.6) is 0 Å². The van der Waals surface area contributed by atoms with E-state index < -0.39 is 66.2 Å². The zero-order valence-corrected chi connectivity index (χ0v) is 22.7. The third-order valence-corrected chi connectivity index (χ3v) is 6.64. The van der Waals surface area contributed by atoms with E-state index in [-0.39, 0.29) is 25.7 Å². The van der Waals surface area contributed by atoms with Crippen molar-refractivity contribution in [3.8, 4) is 0 Å². The molecule has 0 aliphatic carbocycles. The fraction of sp³-hybridized carbons (Fsp3) is 0.440. The van der Waals surface area contributed by atoms with Gasteiger partial charge in [-0.1, -0.05) is 18.2 Å². The number of aromatic nitrogens is 1. The van der Waals surface area contributed by atoms with E-state index in [0.29, 0.717) is 11.3 Å². The Hall–Kier alpha value is -4.11. The summed E-state index contributed by atoms with van der Waals surface area (Å²) in [6.45, 7) is 0. The van der Waals surface area contributed by atoms with Gasteiger partial charge in [-0.15, -0.1) is 0 Å². The van der Waals surface area contributed by atoms with Crippen molar-refractivity contribution in [1.29, 1.82) is 0 Å². The smallest absolute Gasteiger partial charge is 0.326 e. The first-order valence-corrected chi connectivity index (χ1v) is 13.8. The monoisotopic (exact) mass is 578 g/mol. The predicted molar refractivity (Wildman–Crippen MR) is 147 cm³/mol. The molecular weight excluding hydrogens is 544 g/mol. The summed E-state index contributed by atoms with van der Waals surface area (Å²) in [5.74, 6) is -5.45. The van der Waals surface area contributed by atoms with Gasteiger partial charge in [0.05, 0.1) is 12.5 Å². The minimum absolute atomic E-state index is 0.0208. The number of thioether (sulfide) groups is 1. The highest BCUT2D eigenvalue weighted by molar-refractivity contribution is 7.98. The van der Waals surface area contributed by atoms with Crippen molar-refractivity contribution in [3.05, 3.63) is 36.0 Å². The van der Waals surface area contributed by atoms with Gasteiger partial charge in [0.2, 0.25) is 23.6 Å². The largest absolute Gasteiger partial charge is 0.481 e. The molecule has 0 radical (unpaired) electrons. The molecule has 2 rings (SSSR count). The van der Waals surface area contributed by atoms with Crippen molar-refractivity contribution >= 4 is 58.2 Å². The Morgan fingerprint density at radius 2 is 1.52 bits per heavy atom. The van der Waals surface area contributed by atoms with Gasteiger partial charge in [0.15, 0.2) is 0 Å². The molecule has 10 N–H and O–H groups in total. The van der Waals surface area contributed by atoms with Crippen LogP contribution in [-0.4, -0.2) is 86.9 Å². The summed E-state index contributed by atoms with van der Waals surface area (Å²) < 4.78 is 0. The minimum atomic E-state index is -1.46. The number of H-pyrrole nitrogens is 1. The Morgan fingerprint density at radius 3 is 2.12 bits per heavy atom. The number of carboxylic acids is 2. The lowest BCUT2D eigenvalue weighted by atomic mass is 10.0. The highest BCUT2D eigenvalue weighted by Crippen LogP contribution is 2.19. The first-order valence-electron chi connectivity index (χ1n) is 12.4. The molecule has 0 spiro atoms. The van der Waals surface area contributed by atoms with Crippen LogP contribution in [-0.2, 0) is 35.2 Å². The van der Waals surface area contributed by atoms with E-state index in [1.165, 1.54) is 11.8 Å². The number of aliphatic carboxylic acids is 2. The van der Waals surface area contributed by atoms with Crippen molar-refractivity contribution in [3.63, 3.8) is 0 Å². The molecule has 14 nitrogen and oxygen atoms in total. The summed E-state index contributed by atoms with van der Waals surface area (Å²) in [5, 5.41) is 26.8. The highest BCUT2D eigenvalue weighted by atomic mass is 32.2. The third kappa shape index (κ3) is 9.89. The molecule has 0 saturated carbocycles. The Kier molecular flexibility index (Phi) is 12.4. The van der Waals surface area contributed by atoms with Crippen LogP contribution in [0.3, 0.4) is 0 Å². The summed E-state index contributed by atoms with van der Waals surface area (Å²) in [5.41, 5.74) is 12.2. The number of primary amides is 1. The van der Waals surface area contributed by atoms with Gasteiger partial charge in [-0.3, -0.25) is 24.0 Å². The molecule has 1 aromatic heterocycles. The maximum Gasteiger partial charge on any atom is 0.326 e. The molecule has 0 aliphatic rings. The number of carbonyl (C=O) groups excluding carboxylic acids is 4. The Morgan fingerprint density at radius 1 is 0.925 bits per heavy atom. The Balaban J connectivity index is 2.18. The van der Waals surface area contributed by atoms with E-state index in [1.54, 1.807) is 12.5 Å². The summed E-state index contributed by atoms with van der Waals surface area (Å²) in [6, 6.07) is 2.00. The summed E-state index contributed by atoms with van der Waals surface area (Å²) >= 11 is 1.39. The first-order chi connectivity index (χ1) is 18.9. The van der Waals surface area contributed by atoms with Gasteiger partial charge in [0.25, 0.3) is 0 Å². The van der Waals surface area contributed by atoms with Gasteiger partial charge < -0.3 is 42.6 Å². The van der Waals surface area contributed by atoms with E-state index in [2.05, 4.69) is 20.9 Å². The minimum Gasteiger partial charge on any atom is -0.481 e. The average Bonchev–Trinajstić information content (AvgIpc) is 3.30. The standard InChI is InChI=1S/C25H34N6O8S/c1-40-9-8-18(30-23(36)17(6-7-20(27)32)29-22(35)15(26)11-21(33)34)24(37)31-19(25(38)39)10-13-12-28-16-5-3-2-4-14(13)16/h2-5,12,15,17-19,28H,6-11,26H2,1H3,(H2,27,32)(H,29,35)(H,30,36)(H,31,37)(H,33,34)(H,38,39). The Bertz CT molecular complexity index is 1230. The van der Waals surface area contributed by atoms with Crippen molar-refractivity contribution in [2.24, 2.45) is 11.5 Å². The van der Waals surface area contributed by atoms with Crippen LogP contribution >= 0.6 is 11.8 Å². The number of carbonyl (C=O) groups is 6. The topological polar surface area (TPSA) is 247 Å². The molecule has 1 aromatic carbocycles. The molecule has 2 aromatic rings. The fourth-order valence-corrected chi connectivity index (χ4v) is 4.36. The van der Waals surface area contributed by atoms with Crippen LogP contribution in [0.15, 0.2) is 30.5 Å². The number of nitrogens with two attached hydrogens (primary N) is 2. The SMILES string of the molecule is CSCCC(NC(=O)C(CCC(N)=O)NC(=O)C(N)CC(=O)O)C(=O)NC(Cc1c[nH]c2ccccc12)C(=O)O. The molecule has 4 unspecified atom stereocenters. The summed E-state index contributed by atoms with van der Waals surface area (Å²) in [6.07, 6.45) is 2.35. The fourth-order valence-electron chi connectivity index (χ4n) is 3.88. The zero-order chi connectivity index (χ0) is 29.8. The molecule has 40 heavy (non-hydrogen) atoms. The van der Waals surface area contributed by atoms with E-state index in [0.717, 1.165) is 10.9 Å². The number of fused-ring (bicyclic) bond motifs is 1. The van der Waals surface area contributed by atoms with Crippen LogP contribution in [0.2, 0.25) is 0 Å². The summed E-state index contributed by atoms with van der Waals surface area (Å²) in [4.78, 5) is 75.9. The van der Waals surface area contributed by atoms with Crippen molar-refractivity contribution in [2.45, 2.75) is 56.3 Å². The zero-order valence-electron chi connectivity index (χ0n) is 21.8. The van der Waals surface area contributed by atoms with Crippen molar-refractivity contribution in [2.75, 3.05) is 12.0 Å². The molecule has 1 heterocycles. The lowest BCUT2D eigenvalue weighted by molar-refractivity contribution is -0.142. The second-order valence-electron chi connectivity index (χ2n) is 9.08. The molecule has 0 fully saturated rings. The molecule has 4 amide bonds. The van der Waals surface area contributed by atoms with Gasteiger partial charge in [-0.2, -0.15) is 11.8 Å². The maximum atomic E-state index is 13.2. The average molecular weight is 579 g/mol. The first kappa shape index (κ1) is 32.1. The van der Waals surface area contributed by atoms with E-state index in [9.17, 15) is 33.9 Å².